The van der Waals surface area contributed by atoms with Crippen molar-refractivity contribution < 1.29 is 9.21 Å². The molecule has 2 heterocycles. The van der Waals surface area contributed by atoms with E-state index >= 15 is 0 Å². The highest BCUT2D eigenvalue weighted by Gasteiger charge is 2.14. The molecule has 1 aliphatic heterocycles. The lowest BCUT2D eigenvalue weighted by Crippen LogP contribution is -2.22. The van der Waals surface area contributed by atoms with Crippen molar-refractivity contribution >= 4 is 5.91 Å². The van der Waals surface area contributed by atoms with Gasteiger partial charge in [0, 0.05) is 20.0 Å². The lowest BCUT2D eigenvalue weighted by molar-refractivity contribution is 0.0958. The quantitative estimate of drug-likeness (QED) is 0.815. The van der Waals surface area contributed by atoms with Gasteiger partial charge in [-0.2, -0.15) is 0 Å². The first-order valence-electron chi connectivity index (χ1n) is 5.68. The number of nitrogens with one attached hydrogen (secondary N) is 1. The molecule has 0 aliphatic carbocycles. The summed E-state index contributed by atoms with van der Waals surface area (Å²) in [6.45, 7) is 3.31. The number of amides is 1. The molecule has 0 atom stereocenters. The van der Waals surface area contributed by atoms with Gasteiger partial charge in [0.25, 0.3) is 5.91 Å². The molecule has 5 heteroatoms. The van der Waals surface area contributed by atoms with E-state index in [4.69, 9.17) is 4.42 Å². The molecule has 1 saturated heterocycles. The van der Waals surface area contributed by atoms with Crippen molar-refractivity contribution in [2.24, 2.45) is 0 Å². The van der Waals surface area contributed by atoms with Crippen molar-refractivity contribution in [1.82, 2.24) is 15.2 Å². The number of carbonyl (C=O) groups is 1. The number of hydrogen-bond acceptors (Lipinski definition) is 4. The number of oxazole rings is 1. The van der Waals surface area contributed by atoms with E-state index in [2.05, 4.69) is 15.2 Å². The molecular weight excluding hydrogens is 206 g/mol. The van der Waals surface area contributed by atoms with E-state index in [0.717, 1.165) is 13.0 Å². The molecule has 16 heavy (non-hydrogen) atoms. The number of likely N-dealkylation sites (tertiary alicyclic amines) is 1. The maximum Gasteiger partial charge on any atom is 0.272 e. The Hall–Kier alpha value is -1.36. The molecule has 0 spiro atoms. The van der Waals surface area contributed by atoms with Crippen LogP contribution in [0.4, 0.5) is 0 Å². The van der Waals surface area contributed by atoms with Crippen LogP contribution in [0.5, 0.6) is 0 Å². The number of carbonyl (C=O) groups excluding carboxylic acids is 1. The maximum absolute atomic E-state index is 11.2. The SMILES string of the molecule is CNC(=O)c1coc(CCN2CCCC2)n1. The Morgan fingerprint density at radius 1 is 1.56 bits per heavy atom. The highest BCUT2D eigenvalue weighted by molar-refractivity contribution is 5.91. The van der Waals surface area contributed by atoms with Crippen LogP contribution in [0.1, 0.15) is 29.2 Å². The van der Waals surface area contributed by atoms with Gasteiger partial charge < -0.3 is 14.6 Å². The highest BCUT2D eigenvalue weighted by atomic mass is 16.3. The predicted octanol–water partition coefficient (Wildman–Crippen LogP) is 0.673. The van der Waals surface area contributed by atoms with E-state index < -0.39 is 0 Å². The molecule has 1 aromatic heterocycles. The largest absolute Gasteiger partial charge is 0.448 e. The summed E-state index contributed by atoms with van der Waals surface area (Å²) >= 11 is 0. The molecule has 5 nitrogen and oxygen atoms in total. The normalized spacial score (nSPS) is 16.6. The summed E-state index contributed by atoms with van der Waals surface area (Å²) < 4.78 is 5.25. The Morgan fingerprint density at radius 2 is 2.31 bits per heavy atom. The molecule has 0 saturated carbocycles. The van der Waals surface area contributed by atoms with E-state index in [1.54, 1.807) is 7.05 Å². The minimum absolute atomic E-state index is 0.198. The number of rotatable bonds is 4. The zero-order valence-electron chi connectivity index (χ0n) is 9.53. The van der Waals surface area contributed by atoms with E-state index in [-0.39, 0.29) is 5.91 Å². The second-order valence-electron chi connectivity index (χ2n) is 4.00. The molecule has 0 unspecified atom stereocenters. The number of hydrogen-bond donors (Lipinski definition) is 1. The predicted molar refractivity (Wildman–Crippen MR) is 59.3 cm³/mol. The first kappa shape index (κ1) is 11.1. The zero-order chi connectivity index (χ0) is 11.4. The van der Waals surface area contributed by atoms with Gasteiger partial charge in [0.2, 0.25) is 0 Å². The van der Waals surface area contributed by atoms with Crippen LogP contribution >= 0.6 is 0 Å². The summed E-state index contributed by atoms with van der Waals surface area (Å²) in [5.41, 5.74) is 0.360. The first-order valence-corrected chi connectivity index (χ1v) is 5.68. The van der Waals surface area contributed by atoms with Gasteiger partial charge in [0.05, 0.1) is 0 Å². The molecule has 0 aromatic carbocycles. The van der Waals surface area contributed by atoms with Crippen LogP contribution in [0, 0.1) is 0 Å². The second kappa shape index (κ2) is 5.12. The second-order valence-corrected chi connectivity index (χ2v) is 4.00. The topological polar surface area (TPSA) is 58.4 Å². The Kier molecular flexibility index (Phi) is 3.56. The summed E-state index contributed by atoms with van der Waals surface area (Å²) in [4.78, 5) is 17.8. The fourth-order valence-electron chi connectivity index (χ4n) is 1.92. The highest BCUT2D eigenvalue weighted by Crippen LogP contribution is 2.09. The van der Waals surface area contributed by atoms with Crippen LogP contribution in [-0.4, -0.2) is 42.5 Å². The molecule has 1 aliphatic rings. The summed E-state index contributed by atoms with van der Waals surface area (Å²) in [7, 11) is 1.58. The number of aromatic nitrogens is 1. The first-order chi connectivity index (χ1) is 7.79. The lowest BCUT2D eigenvalue weighted by atomic mass is 10.4. The van der Waals surface area contributed by atoms with Crippen LogP contribution in [0.15, 0.2) is 10.7 Å². The summed E-state index contributed by atoms with van der Waals surface area (Å²) in [5, 5.41) is 2.52. The van der Waals surface area contributed by atoms with E-state index in [1.807, 2.05) is 0 Å². The molecule has 1 N–H and O–H groups in total. The Labute approximate surface area is 94.8 Å². The molecule has 1 aromatic rings. The molecule has 0 radical (unpaired) electrons. The van der Waals surface area contributed by atoms with Crippen LogP contribution in [0.3, 0.4) is 0 Å². The Balaban J connectivity index is 1.85. The van der Waals surface area contributed by atoms with Crippen LogP contribution < -0.4 is 5.32 Å². The van der Waals surface area contributed by atoms with E-state index in [9.17, 15) is 4.79 Å². The lowest BCUT2D eigenvalue weighted by Gasteiger charge is -2.12. The molecule has 2 rings (SSSR count). The van der Waals surface area contributed by atoms with Crippen molar-refractivity contribution in [1.29, 1.82) is 0 Å². The fraction of sp³-hybridized carbons (Fsp3) is 0.636. The van der Waals surface area contributed by atoms with Gasteiger partial charge in [-0.15, -0.1) is 0 Å². The standard InChI is InChI=1S/C11H17N3O2/c1-12-11(15)9-8-16-10(13-9)4-7-14-5-2-3-6-14/h8H,2-7H2,1H3,(H,12,15). The summed E-state index contributed by atoms with van der Waals surface area (Å²) in [6.07, 6.45) is 4.76. The Morgan fingerprint density at radius 3 is 3.00 bits per heavy atom. The molecular formula is C11H17N3O2. The summed E-state index contributed by atoms with van der Waals surface area (Å²) in [6, 6.07) is 0. The third-order valence-corrected chi connectivity index (χ3v) is 2.85. The van der Waals surface area contributed by atoms with Gasteiger partial charge >= 0.3 is 0 Å². The van der Waals surface area contributed by atoms with Crippen molar-refractivity contribution in [2.45, 2.75) is 19.3 Å². The average Bonchev–Trinajstić information content (AvgIpc) is 2.96. The van der Waals surface area contributed by atoms with Crippen molar-refractivity contribution in [3.63, 3.8) is 0 Å². The number of nitrogens with zero attached hydrogens (tertiary/aromatic N) is 2. The Bertz CT molecular complexity index is 356. The fourth-order valence-corrected chi connectivity index (χ4v) is 1.92. The molecule has 88 valence electrons. The van der Waals surface area contributed by atoms with E-state index in [1.165, 1.54) is 32.2 Å². The summed E-state index contributed by atoms with van der Waals surface area (Å²) in [5.74, 6) is 0.446. The monoisotopic (exact) mass is 223 g/mol. The van der Waals surface area contributed by atoms with Gasteiger partial charge in [-0.3, -0.25) is 4.79 Å². The maximum atomic E-state index is 11.2. The van der Waals surface area contributed by atoms with Crippen LogP contribution in [0.25, 0.3) is 0 Å². The van der Waals surface area contributed by atoms with Gasteiger partial charge in [-0.1, -0.05) is 0 Å². The van der Waals surface area contributed by atoms with Crippen molar-refractivity contribution in [2.75, 3.05) is 26.7 Å². The minimum atomic E-state index is -0.198. The third-order valence-electron chi connectivity index (χ3n) is 2.85. The molecule has 0 bridgehead atoms. The van der Waals surface area contributed by atoms with Gasteiger partial charge in [0.15, 0.2) is 11.6 Å². The smallest absolute Gasteiger partial charge is 0.272 e. The average molecular weight is 223 g/mol. The van der Waals surface area contributed by atoms with Crippen LogP contribution in [-0.2, 0) is 6.42 Å². The zero-order valence-corrected chi connectivity index (χ0v) is 9.53. The van der Waals surface area contributed by atoms with Gasteiger partial charge in [0.1, 0.15) is 6.26 Å². The minimum Gasteiger partial charge on any atom is -0.448 e. The van der Waals surface area contributed by atoms with Gasteiger partial charge in [-0.05, 0) is 25.9 Å². The van der Waals surface area contributed by atoms with E-state index in [0.29, 0.717) is 11.6 Å². The third kappa shape index (κ3) is 2.61. The van der Waals surface area contributed by atoms with Crippen molar-refractivity contribution in [3.8, 4) is 0 Å². The van der Waals surface area contributed by atoms with Gasteiger partial charge in [-0.25, -0.2) is 4.98 Å². The van der Waals surface area contributed by atoms with Crippen LogP contribution in [0.2, 0.25) is 0 Å². The molecule has 1 amide bonds. The molecule has 1 fully saturated rings. The van der Waals surface area contributed by atoms with Crippen molar-refractivity contribution in [3.05, 3.63) is 17.8 Å².